The largest absolute Gasteiger partial charge is 0.491 e. The number of nitrogens with zero attached hydrogens (tertiary/aromatic N) is 2. The van der Waals surface area contributed by atoms with Crippen molar-refractivity contribution in [1.82, 2.24) is 9.80 Å². The number of carbonyl (C=O) groups excluding carboxylic acids is 1. The van der Waals surface area contributed by atoms with Crippen molar-refractivity contribution in [3.63, 3.8) is 0 Å². The van der Waals surface area contributed by atoms with Gasteiger partial charge in [-0.25, -0.2) is 0 Å². The SMILES string of the molecule is CCN(C(C)=O)[C@H]1CC[C@H](CCN2CCC(Cc3cc(OC(C)C)ccc3Br)CC2)CC1.Cl. The zero-order valence-corrected chi connectivity index (χ0v) is 23.4. The average molecular weight is 544 g/mol. The Bertz CT molecular complexity index is 729. The topological polar surface area (TPSA) is 32.8 Å². The molecule has 1 saturated carbocycles. The van der Waals surface area contributed by atoms with Crippen molar-refractivity contribution in [2.75, 3.05) is 26.2 Å². The maximum absolute atomic E-state index is 11.8. The predicted molar refractivity (Wildman–Crippen MR) is 143 cm³/mol. The summed E-state index contributed by atoms with van der Waals surface area (Å²) in [7, 11) is 0. The quantitative estimate of drug-likeness (QED) is 0.346. The molecule has 0 spiro atoms. The highest BCUT2D eigenvalue weighted by molar-refractivity contribution is 9.10. The van der Waals surface area contributed by atoms with E-state index in [1.807, 2.05) is 0 Å². The average Bonchev–Trinajstić information content (AvgIpc) is 2.76. The van der Waals surface area contributed by atoms with Crippen molar-refractivity contribution in [1.29, 1.82) is 0 Å². The Hall–Kier alpha value is -0.780. The summed E-state index contributed by atoms with van der Waals surface area (Å²) in [5.74, 6) is 2.83. The van der Waals surface area contributed by atoms with E-state index >= 15 is 0 Å². The summed E-state index contributed by atoms with van der Waals surface area (Å²) < 4.78 is 7.10. The van der Waals surface area contributed by atoms with Crippen LogP contribution >= 0.6 is 28.3 Å². The lowest BCUT2D eigenvalue weighted by atomic mass is 9.83. The third-order valence-electron chi connectivity index (χ3n) is 7.46. The van der Waals surface area contributed by atoms with Crippen molar-refractivity contribution < 1.29 is 9.53 Å². The maximum atomic E-state index is 11.8. The molecule has 0 unspecified atom stereocenters. The highest BCUT2D eigenvalue weighted by Crippen LogP contribution is 2.32. The summed E-state index contributed by atoms with van der Waals surface area (Å²) in [5.41, 5.74) is 1.38. The molecule has 1 saturated heterocycles. The molecule has 1 heterocycles. The molecular weight excluding hydrogens is 500 g/mol. The number of likely N-dealkylation sites (tertiary alicyclic amines) is 1. The van der Waals surface area contributed by atoms with Gasteiger partial charge in [-0.05, 0) is 127 Å². The fourth-order valence-corrected chi connectivity index (χ4v) is 6.04. The van der Waals surface area contributed by atoms with Crippen LogP contribution in [0.1, 0.15) is 78.2 Å². The van der Waals surface area contributed by atoms with Crippen molar-refractivity contribution in [2.24, 2.45) is 11.8 Å². The third-order valence-corrected chi connectivity index (χ3v) is 8.23. The number of hydrogen-bond donors (Lipinski definition) is 0. The number of carbonyl (C=O) groups is 1. The predicted octanol–water partition coefficient (Wildman–Crippen LogP) is 6.73. The van der Waals surface area contributed by atoms with Gasteiger partial charge in [0.25, 0.3) is 0 Å². The molecule has 6 heteroatoms. The number of rotatable bonds is 9. The van der Waals surface area contributed by atoms with Crippen LogP contribution in [0.2, 0.25) is 0 Å². The van der Waals surface area contributed by atoms with E-state index in [1.54, 1.807) is 6.92 Å². The van der Waals surface area contributed by atoms with E-state index in [9.17, 15) is 4.79 Å². The van der Waals surface area contributed by atoms with E-state index in [4.69, 9.17) is 4.74 Å². The van der Waals surface area contributed by atoms with E-state index < -0.39 is 0 Å². The molecule has 2 fully saturated rings. The van der Waals surface area contributed by atoms with Crippen LogP contribution in [0.3, 0.4) is 0 Å². The van der Waals surface area contributed by atoms with Crippen LogP contribution in [0, 0.1) is 11.8 Å². The van der Waals surface area contributed by atoms with Crippen LogP contribution in [-0.4, -0.2) is 54.0 Å². The molecule has 0 bridgehead atoms. The Morgan fingerprint density at radius 1 is 1.12 bits per heavy atom. The zero-order chi connectivity index (χ0) is 23.1. The van der Waals surface area contributed by atoms with Gasteiger partial charge in [-0.15, -0.1) is 12.4 Å². The van der Waals surface area contributed by atoms with Crippen molar-refractivity contribution in [2.45, 2.75) is 91.2 Å². The first-order valence-corrected chi connectivity index (χ1v) is 13.6. The van der Waals surface area contributed by atoms with Gasteiger partial charge in [-0.1, -0.05) is 15.9 Å². The van der Waals surface area contributed by atoms with E-state index in [2.05, 4.69) is 64.7 Å². The Morgan fingerprint density at radius 2 is 1.79 bits per heavy atom. The minimum Gasteiger partial charge on any atom is -0.491 e. The zero-order valence-electron chi connectivity index (χ0n) is 21.0. The van der Waals surface area contributed by atoms with Gasteiger partial charge in [0.05, 0.1) is 6.10 Å². The first-order chi connectivity index (χ1) is 15.4. The summed E-state index contributed by atoms with van der Waals surface area (Å²) in [5, 5.41) is 0. The molecular formula is C27H44BrClN2O2. The smallest absolute Gasteiger partial charge is 0.219 e. The molecule has 2 aliphatic rings. The molecule has 3 rings (SSSR count). The van der Waals surface area contributed by atoms with Crippen LogP contribution in [0.15, 0.2) is 22.7 Å². The minimum absolute atomic E-state index is 0. The second-order valence-corrected chi connectivity index (χ2v) is 11.0. The highest BCUT2D eigenvalue weighted by atomic mass is 79.9. The number of hydrogen-bond acceptors (Lipinski definition) is 3. The molecule has 4 nitrogen and oxygen atoms in total. The Balaban J connectivity index is 0.00000385. The van der Waals surface area contributed by atoms with Crippen LogP contribution < -0.4 is 4.74 Å². The molecule has 0 radical (unpaired) electrons. The summed E-state index contributed by atoms with van der Waals surface area (Å²) in [4.78, 5) is 16.6. The maximum Gasteiger partial charge on any atom is 0.219 e. The number of piperidine rings is 1. The summed E-state index contributed by atoms with van der Waals surface area (Å²) in [6, 6.07) is 6.89. The van der Waals surface area contributed by atoms with Gasteiger partial charge in [0, 0.05) is 24.0 Å². The van der Waals surface area contributed by atoms with E-state index in [1.165, 1.54) is 74.6 Å². The molecule has 1 aliphatic heterocycles. The first-order valence-electron chi connectivity index (χ1n) is 12.8. The van der Waals surface area contributed by atoms with E-state index in [0.717, 1.165) is 30.6 Å². The van der Waals surface area contributed by atoms with Gasteiger partial charge in [0.15, 0.2) is 0 Å². The van der Waals surface area contributed by atoms with Crippen molar-refractivity contribution >= 4 is 34.2 Å². The molecule has 188 valence electrons. The third kappa shape index (κ3) is 8.74. The fraction of sp³-hybridized carbons (Fsp3) is 0.741. The lowest BCUT2D eigenvalue weighted by Crippen LogP contribution is -2.41. The minimum atomic E-state index is 0. The Labute approximate surface area is 216 Å². The first kappa shape index (κ1) is 28.5. The number of halogens is 2. The van der Waals surface area contributed by atoms with Gasteiger partial charge >= 0.3 is 0 Å². The monoisotopic (exact) mass is 542 g/mol. The molecule has 1 aliphatic carbocycles. The van der Waals surface area contributed by atoms with Crippen LogP contribution in [0.25, 0.3) is 0 Å². The van der Waals surface area contributed by atoms with E-state index in [0.29, 0.717) is 6.04 Å². The lowest BCUT2D eigenvalue weighted by molar-refractivity contribution is -0.131. The molecule has 1 aromatic rings. The highest BCUT2D eigenvalue weighted by Gasteiger charge is 2.27. The summed E-state index contributed by atoms with van der Waals surface area (Å²) in [6.07, 6.45) is 10.2. The Kier molecular flexibility index (Phi) is 12.0. The Morgan fingerprint density at radius 3 is 2.36 bits per heavy atom. The molecule has 0 N–H and O–H groups in total. The second kappa shape index (κ2) is 13.9. The molecule has 1 aromatic carbocycles. The van der Waals surface area contributed by atoms with Gasteiger partial charge in [0.1, 0.15) is 5.75 Å². The number of benzene rings is 1. The van der Waals surface area contributed by atoms with Crippen LogP contribution in [-0.2, 0) is 11.2 Å². The fourth-order valence-electron chi connectivity index (χ4n) is 5.63. The molecule has 0 atom stereocenters. The van der Waals surface area contributed by atoms with Gasteiger partial charge in [0.2, 0.25) is 5.91 Å². The lowest BCUT2D eigenvalue weighted by Gasteiger charge is -2.37. The standard InChI is InChI=1S/C27H43BrN2O2.ClH/c1-5-30(21(4)31)25-8-6-22(7-9-25)12-15-29-16-13-23(14-17-29)18-24-19-26(32-20(2)3)10-11-27(24)28;/h10-11,19-20,22-23,25H,5-9,12-18H2,1-4H3;1H/t22-,25-;. The van der Waals surface area contributed by atoms with Gasteiger partial charge in [-0.2, -0.15) is 0 Å². The van der Waals surface area contributed by atoms with Crippen molar-refractivity contribution in [3.05, 3.63) is 28.2 Å². The second-order valence-electron chi connectivity index (χ2n) is 10.2. The summed E-state index contributed by atoms with van der Waals surface area (Å²) in [6.45, 7) is 12.5. The van der Waals surface area contributed by atoms with E-state index in [-0.39, 0.29) is 24.4 Å². The molecule has 0 aromatic heterocycles. The molecule has 1 amide bonds. The number of ether oxygens (including phenoxy) is 1. The normalized spacial score (nSPS) is 22.1. The molecule has 33 heavy (non-hydrogen) atoms. The number of amides is 1. The van der Waals surface area contributed by atoms with Crippen molar-refractivity contribution in [3.8, 4) is 5.75 Å². The summed E-state index contributed by atoms with van der Waals surface area (Å²) >= 11 is 3.74. The van der Waals surface area contributed by atoms with Crippen LogP contribution in [0.5, 0.6) is 5.75 Å². The van der Waals surface area contributed by atoms with Crippen LogP contribution in [0.4, 0.5) is 0 Å². The van der Waals surface area contributed by atoms with Gasteiger partial charge in [-0.3, -0.25) is 4.79 Å². The van der Waals surface area contributed by atoms with Gasteiger partial charge < -0.3 is 14.5 Å².